The molecule has 1 amide bonds. The zero-order valence-corrected chi connectivity index (χ0v) is 17.9. The molecule has 1 aliphatic rings. The minimum absolute atomic E-state index is 0.0916. The Labute approximate surface area is 174 Å². The van der Waals surface area contributed by atoms with Crippen molar-refractivity contribution in [1.29, 1.82) is 0 Å². The maximum atomic E-state index is 12.8. The standard InChI is InChI=1S/C20H24BrN3O3S/c21-16-5-7-18(8-6-16)23-20(25)15-22-17-9-11-19(12-10-17)28(26,27)24-13-3-1-2-4-14-24/h5-12,22H,1-4,13-15H2,(H,23,25). The maximum absolute atomic E-state index is 12.8. The van der Waals surface area contributed by atoms with Crippen molar-refractivity contribution in [1.82, 2.24) is 4.31 Å². The first kappa shape index (κ1) is 20.8. The van der Waals surface area contributed by atoms with E-state index in [1.54, 1.807) is 28.6 Å². The molecule has 6 nitrogen and oxygen atoms in total. The molecule has 2 aromatic carbocycles. The number of carbonyl (C=O) groups is 1. The highest BCUT2D eigenvalue weighted by Crippen LogP contribution is 2.22. The van der Waals surface area contributed by atoms with Crippen molar-refractivity contribution in [3.8, 4) is 0 Å². The molecular weight excluding hydrogens is 442 g/mol. The zero-order valence-electron chi connectivity index (χ0n) is 15.5. The van der Waals surface area contributed by atoms with Gasteiger partial charge in [0.2, 0.25) is 15.9 Å². The fraction of sp³-hybridized carbons (Fsp3) is 0.350. The number of benzene rings is 2. The molecule has 150 valence electrons. The van der Waals surface area contributed by atoms with Gasteiger partial charge in [0, 0.05) is 28.9 Å². The minimum Gasteiger partial charge on any atom is -0.376 e. The molecule has 3 rings (SSSR count). The third-order valence-electron chi connectivity index (χ3n) is 4.64. The van der Waals surface area contributed by atoms with Gasteiger partial charge < -0.3 is 10.6 Å². The van der Waals surface area contributed by atoms with Gasteiger partial charge in [-0.05, 0) is 61.4 Å². The van der Waals surface area contributed by atoms with Crippen molar-refractivity contribution in [2.75, 3.05) is 30.3 Å². The van der Waals surface area contributed by atoms with Gasteiger partial charge in [-0.2, -0.15) is 4.31 Å². The fourth-order valence-electron chi connectivity index (χ4n) is 3.10. The predicted octanol–water partition coefficient (Wildman–Crippen LogP) is 4.06. The lowest BCUT2D eigenvalue weighted by atomic mass is 10.2. The minimum atomic E-state index is -3.46. The van der Waals surface area contributed by atoms with Crippen molar-refractivity contribution >= 4 is 43.2 Å². The molecule has 0 radical (unpaired) electrons. The second-order valence-electron chi connectivity index (χ2n) is 6.75. The van der Waals surface area contributed by atoms with E-state index in [0.717, 1.165) is 30.2 Å². The van der Waals surface area contributed by atoms with Crippen molar-refractivity contribution in [2.24, 2.45) is 0 Å². The van der Waals surface area contributed by atoms with Gasteiger partial charge in [-0.1, -0.05) is 28.8 Å². The van der Waals surface area contributed by atoms with E-state index in [4.69, 9.17) is 0 Å². The average Bonchev–Trinajstić information content (AvgIpc) is 2.99. The van der Waals surface area contributed by atoms with Crippen molar-refractivity contribution in [2.45, 2.75) is 30.6 Å². The number of nitrogens with one attached hydrogen (secondary N) is 2. The summed E-state index contributed by atoms with van der Waals surface area (Å²) in [4.78, 5) is 12.3. The maximum Gasteiger partial charge on any atom is 0.243 e. The molecule has 0 unspecified atom stereocenters. The number of carbonyl (C=O) groups excluding carboxylic acids is 1. The molecule has 0 aliphatic carbocycles. The number of nitrogens with zero attached hydrogens (tertiary/aromatic N) is 1. The Hall–Kier alpha value is -1.90. The van der Waals surface area contributed by atoms with Crippen LogP contribution in [-0.2, 0) is 14.8 Å². The van der Waals surface area contributed by atoms with Crippen molar-refractivity contribution < 1.29 is 13.2 Å². The summed E-state index contributed by atoms with van der Waals surface area (Å²) in [7, 11) is -3.46. The van der Waals surface area contributed by atoms with Gasteiger partial charge >= 0.3 is 0 Å². The normalized spacial score (nSPS) is 15.6. The molecule has 1 fully saturated rings. The van der Waals surface area contributed by atoms with E-state index in [-0.39, 0.29) is 12.5 Å². The quantitative estimate of drug-likeness (QED) is 0.673. The first-order chi connectivity index (χ1) is 13.4. The number of rotatable bonds is 6. The Bertz CT molecular complexity index is 891. The van der Waals surface area contributed by atoms with E-state index < -0.39 is 10.0 Å². The fourth-order valence-corrected chi connectivity index (χ4v) is 4.88. The van der Waals surface area contributed by atoms with Crippen LogP contribution < -0.4 is 10.6 Å². The number of hydrogen-bond donors (Lipinski definition) is 2. The molecule has 0 bridgehead atoms. The monoisotopic (exact) mass is 465 g/mol. The summed E-state index contributed by atoms with van der Waals surface area (Å²) in [5.41, 5.74) is 1.41. The summed E-state index contributed by atoms with van der Waals surface area (Å²) in [5.74, 6) is -0.177. The Balaban J connectivity index is 1.56. The van der Waals surface area contributed by atoms with Crippen LogP contribution in [0.5, 0.6) is 0 Å². The molecule has 1 aliphatic heterocycles. The average molecular weight is 466 g/mol. The summed E-state index contributed by atoms with van der Waals surface area (Å²) in [6, 6.07) is 13.9. The lowest BCUT2D eigenvalue weighted by Crippen LogP contribution is -2.31. The zero-order chi connectivity index (χ0) is 20.0. The smallest absolute Gasteiger partial charge is 0.243 e. The first-order valence-electron chi connectivity index (χ1n) is 9.35. The molecule has 0 aromatic heterocycles. The molecule has 0 saturated carbocycles. The summed E-state index contributed by atoms with van der Waals surface area (Å²) in [6.07, 6.45) is 3.98. The third-order valence-corrected chi connectivity index (χ3v) is 7.08. The highest BCUT2D eigenvalue weighted by Gasteiger charge is 2.24. The summed E-state index contributed by atoms with van der Waals surface area (Å²) < 4.78 is 28.1. The van der Waals surface area contributed by atoms with Crippen molar-refractivity contribution in [3.05, 3.63) is 53.0 Å². The van der Waals surface area contributed by atoms with Crippen LogP contribution in [0.3, 0.4) is 0 Å². The summed E-state index contributed by atoms with van der Waals surface area (Å²) in [6.45, 7) is 1.26. The number of hydrogen-bond acceptors (Lipinski definition) is 4. The van der Waals surface area contributed by atoms with Crippen molar-refractivity contribution in [3.63, 3.8) is 0 Å². The molecule has 1 heterocycles. The Kier molecular flexibility index (Phi) is 7.09. The Morgan fingerprint density at radius 2 is 1.46 bits per heavy atom. The molecule has 2 aromatic rings. The molecule has 0 atom stereocenters. The lowest BCUT2D eigenvalue weighted by Gasteiger charge is -2.20. The largest absolute Gasteiger partial charge is 0.376 e. The van der Waals surface area contributed by atoms with E-state index >= 15 is 0 Å². The highest BCUT2D eigenvalue weighted by molar-refractivity contribution is 9.10. The van der Waals surface area contributed by atoms with Crippen LogP contribution in [0.1, 0.15) is 25.7 Å². The van der Waals surface area contributed by atoms with E-state index in [0.29, 0.717) is 29.4 Å². The number of sulfonamides is 1. The second-order valence-corrected chi connectivity index (χ2v) is 9.60. The molecule has 2 N–H and O–H groups in total. The van der Waals surface area contributed by atoms with Crippen LogP contribution in [0.4, 0.5) is 11.4 Å². The lowest BCUT2D eigenvalue weighted by molar-refractivity contribution is -0.114. The van der Waals surface area contributed by atoms with Gasteiger partial charge in [-0.15, -0.1) is 0 Å². The SMILES string of the molecule is O=C(CNc1ccc(S(=O)(=O)N2CCCCCC2)cc1)Nc1ccc(Br)cc1. The topological polar surface area (TPSA) is 78.5 Å². The van der Waals surface area contributed by atoms with E-state index in [2.05, 4.69) is 26.6 Å². The molecule has 8 heteroatoms. The van der Waals surface area contributed by atoms with E-state index in [9.17, 15) is 13.2 Å². The Morgan fingerprint density at radius 1 is 0.893 bits per heavy atom. The number of amides is 1. The van der Waals surface area contributed by atoms with Gasteiger partial charge in [0.15, 0.2) is 0 Å². The van der Waals surface area contributed by atoms with Crippen LogP contribution >= 0.6 is 15.9 Å². The molecule has 0 spiro atoms. The second kappa shape index (κ2) is 9.54. The molecular formula is C20H24BrN3O3S. The number of anilines is 2. The molecule has 1 saturated heterocycles. The summed E-state index contributed by atoms with van der Waals surface area (Å²) in [5, 5.41) is 5.81. The van der Waals surface area contributed by atoms with Gasteiger partial charge in [-0.25, -0.2) is 8.42 Å². The van der Waals surface area contributed by atoms with Gasteiger partial charge in [0.1, 0.15) is 0 Å². The van der Waals surface area contributed by atoms with E-state index in [1.807, 2.05) is 24.3 Å². The summed E-state index contributed by atoms with van der Waals surface area (Å²) >= 11 is 3.35. The third kappa shape index (κ3) is 5.56. The van der Waals surface area contributed by atoms with Gasteiger partial charge in [-0.3, -0.25) is 4.79 Å². The molecule has 28 heavy (non-hydrogen) atoms. The highest BCUT2D eigenvalue weighted by atomic mass is 79.9. The predicted molar refractivity (Wildman–Crippen MR) is 115 cm³/mol. The van der Waals surface area contributed by atoms with Crippen LogP contribution in [-0.4, -0.2) is 38.3 Å². The van der Waals surface area contributed by atoms with Crippen LogP contribution in [0.15, 0.2) is 57.9 Å². The van der Waals surface area contributed by atoms with E-state index in [1.165, 1.54) is 0 Å². The van der Waals surface area contributed by atoms with Crippen LogP contribution in [0.2, 0.25) is 0 Å². The van der Waals surface area contributed by atoms with Gasteiger partial charge in [0.05, 0.1) is 11.4 Å². The van der Waals surface area contributed by atoms with Gasteiger partial charge in [0.25, 0.3) is 0 Å². The first-order valence-corrected chi connectivity index (χ1v) is 11.6. The van der Waals surface area contributed by atoms with Crippen LogP contribution in [0.25, 0.3) is 0 Å². The number of halogens is 1. The Morgan fingerprint density at radius 3 is 2.07 bits per heavy atom. The van der Waals surface area contributed by atoms with Crippen LogP contribution in [0, 0.1) is 0 Å².